The molecule has 2 heterocycles. The number of nitrogens with zero attached hydrogens (tertiary/aromatic N) is 1. The predicted molar refractivity (Wildman–Crippen MR) is 191 cm³/mol. The number of aromatic nitrogens is 3. The summed E-state index contributed by atoms with van der Waals surface area (Å²) in [5.74, 6) is -2.91. The first-order valence-corrected chi connectivity index (χ1v) is 15.2. The van der Waals surface area contributed by atoms with Crippen LogP contribution in [0.5, 0.6) is 17.5 Å². The van der Waals surface area contributed by atoms with Gasteiger partial charge in [0.05, 0.1) is 16.8 Å². The lowest BCUT2D eigenvalue weighted by atomic mass is 10.0. The number of H-pyrrole nitrogens is 2. The van der Waals surface area contributed by atoms with E-state index < -0.39 is 51.7 Å². The van der Waals surface area contributed by atoms with E-state index in [2.05, 4.69) is 26.3 Å². The van der Waals surface area contributed by atoms with Crippen molar-refractivity contribution in [3.8, 4) is 34.3 Å². The Hall–Kier alpha value is -7.63. The van der Waals surface area contributed by atoms with Crippen molar-refractivity contribution in [2.75, 3.05) is 10.6 Å². The topological polar surface area (TPSA) is 207 Å². The van der Waals surface area contributed by atoms with Crippen molar-refractivity contribution < 1.29 is 24.9 Å². The molecule has 0 saturated heterocycles. The molecular weight excluding hydrogens is 654 g/mol. The Morgan fingerprint density at radius 1 is 0.647 bits per heavy atom. The highest BCUT2D eigenvalue weighted by Crippen LogP contribution is 2.34. The molecule has 6 rings (SSSR count). The van der Waals surface area contributed by atoms with Gasteiger partial charge in [-0.05, 0) is 72.3 Å². The third-order valence-corrected chi connectivity index (χ3v) is 7.63. The maximum absolute atomic E-state index is 12.9. The number of benzene rings is 4. The van der Waals surface area contributed by atoms with Crippen LogP contribution >= 0.6 is 0 Å². The molecule has 0 aliphatic carbocycles. The Balaban J connectivity index is 1.32. The van der Waals surface area contributed by atoms with Crippen LogP contribution in [0.4, 0.5) is 11.4 Å². The fourth-order valence-corrected chi connectivity index (χ4v) is 5.17. The van der Waals surface area contributed by atoms with Gasteiger partial charge in [-0.3, -0.25) is 29.1 Å². The summed E-state index contributed by atoms with van der Waals surface area (Å²) in [6, 6.07) is 29.1. The number of hydrogen-bond donors (Lipinski definition) is 7. The largest absolute Gasteiger partial charge is 0.506 e. The Morgan fingerprint density at radius 3 is 1.84 bits per heavy atom. The molecule has 0 bridgehead atoms. The maximum Gasteiger partial charge on any atom is 0.335 e. The van der Waals surface area contributed by atoms with Crippen molar-refractivity contribution >= 4 is 35.3 Å². The van der Waals surface area contributed by atoms with Gasteiger partial charge in [-0.2, -0.15) is 0 Å². The van der Waals surface area contributed by atoms with E-state index in [1.807, 2.05) is 0 Å². The molecule has 0 aliphatic heterocycles. The van der Waals surface area contributed by atoms with Crippen molar-refractivity contribution in [1.29, 1.82) is 0 Å². The Kier molecular flexibility index (Phi) is 9.29. The van der Waals surface area contributed by atoms with Crippen molar-refractivity contribution in [1.82, 2.24) is 14.5 Å². The second-order valence-corrected chi connectivity index (χ2v) is 11.0. The fraction of sp³-hybridized carbons (Fsp3) is 0. The van der Waals surface area contributed by atoms with E-state index in [4.69, 9.17) is 0 Å². The number of carbonyl (C=O) groups is 2. The molecule has 7 N–H and O–H groups in total. The van der Waals surface area contributed by atoms with Crippen molar-refractivity contribution in [3.63, 3.8) is 0 Å². The molecular formula is C38H27N5O8. The van der Waals surface area contributed by atoms with Gasteiger partial charge in [0.15, 0.2) is 0 Å². The van der Waals surface area contributed by atoms with Crippen LogP contribution < -0.4 is 27.4 Å². The van der Waals surface area contributed by atoms with Gasteiger partial charge >= 0.3 is 5.69 Å². The van der Waals surface area contributed by atoms with Gasteiger partial charge in [0.25, 0.3) is 22.9 Å². The van der Waals surface area contributed by atoms with Crippen LogP contribution in [0.1, 0.15) is 31.8 Å². The van der Waals surface area contributed by atoms with Gasteiger partial charge in [0.1, 0.15) is 11.3 Å². The quantitative estimate of drug-likeness (QED) is 0.111. The van der Waals surface area contributed by atoms with E-state index in [-0.39, 0.29) is 22.4 Å². The van der Waals surface area contributed by atoms with Crippen LogP contribution in [0.15, 0.2) is 129 Å². The molecule has 6 aromatic rings. The van der Waals surface area contributed by atoms with Crippen LogP contribution in [0.25, 0.3) is 29.0 Å². The van der Waals surface area contributed by atoms with Crippen LogP contribution in [-0.2, 0) is 0 Å². The summed E-state index contributed by atoms with van der Waals surface area (Å²) in [6.45, 7) is 0. The minimum absolute atomic E-state index is 0.112. The number of nitrogens with one attached hydrogen (secondary N) is 4. The third kappa shape index (κ3) is 7.14. The lowest BCUT2D eigenvalue weighted by Gasteiger charge is -2.12. The number of aromatic amines is 2. The Bertz CT molecular complexity index is 2550. The molecule has 0 unspecified atom stereocenters. The summed E-state index contributed by atoms with van der Waals surface area (Å²) in [6.07, 6.45) is 2.06. The average molecular weight is 682 g/mol. The number of pyridine rings is 1. The summed E-state index contributed by atoms with van der Waals surface area (Å²) in [7, 11) is 0. The molecule has 13 nitrogen and oxygen atoms in total. The van der Waals surface area contributed by atoms with Gasteiger partial charge < -0.3 is 26.0 Å². The van der Waals surface area contributed by atoms with Crippen LogP contribution in [0.2, 0.25) is 0 Å². The third-order valence-electron chi connectivity index (χ3n) is 7.63. The van der Waals surface area contributed by atoms with Gasteiger partial charge in [-0.15, -0.1) is 5.73 Å². The zero-order chi connectivity index (χ0) is 36.1. The Labute approximate surface area is 287 Å². The highest BCUT2D eigenvalue weighted by atomic mass is 16.3. The zero-order valence-electron chi connectivity index (χ0n) is 26.4. The number of rotatable bonds is 8. The molecule has 0 fully saturated rings. The van der Waals surface area contributed by atoms with Crippen LogP contribution in [0.3, 0.4) is 0 Å². The molecule has 51 heavy (non-hydrogen) atoms. The minimum Gasteiger partial charge on any atom is -0.506 e. The van der Waals surface area contributed by atoms with Gasteiger partial charge in [0.2, 0.25) is 11.8 Å². The van der Waals surface area contributed by atoms with Gasteiger partial charge in [-0.25, -0.2) is 9.36 Å². The number of carbonyl (C=O) groups excluding carboxylic acids is 2. The van der Waals surface area contributed by atoms with E-state index in [0.717, 1.165) is 16.7 Å². The molecule has 252 valence electrons. The van der Waals surface area contributed by atoms with E-state index in [1.54, 1.807) is 78.9 Å². The van der Waals surface area contributed by atoms with Gasteiger partial charge in [0, 0.05) is 22.5 Å². The molecule has 0 radical (unpaired) electrons. The number of hydrogen-bond acceptors (Lipinski definition) is 8. The van der Waals surface area contributed by atoms with Crippen LogP contribution in [0, 0.1) is 0 Å². The van der Waals surface area contributed by atoms with E-state index in [1.165, 1.54) is 30.3 Å². The zero-order valence-corrected chi connectivity index (χ0v) is 26.4. The summed E-state index contributed by atoms with van der Waals surface area (Å²) in [5.41, 5.74) is 0.672. The molecule has 0 saturated carbocycles. The lowest BCUT2D eigenvalue weighted by molar-refractivity contribution is 0.101. The fourth-order valence-electron chi connectivity index (χ4n) is 5.17. The Morgan fingerprint density at radius 2 is 1.22 bits per heavy atom. The molecule has 2 amide bonds. The molecule has 4 aromatic carbocycles. The van der Waals surface area contributed by atoms with E-state index >= 15 is 0 Å². The van der Waals surface area contributed by atoms with Gasteiger partial charge in [-0.1, -0.05) is 54.6 Å². The second kappa shape index (κ2) is 14.2. The number of anilines is 2. The molecule has 2 aromatic heterocycles. The predicted octanol–water partition coefficient (Wildman–Crippen LogP) is 4.83. The first-order chi connectivity index (χ1) is 24.6. The van der Waals surface area contributed by atoms with E-state index in [9.17, 15) is 39.3 Å². The van der Waals surface area contributed by atoms with Crippen molar-refractivity contribution in [3.05, 3.63) is 168 Å². The summed E-state index contributed by atoms with van der Waals surface area (Å²) >= 11 is 0. The average Bonchev–Trinajstić information content (AvgIpc) is 3.11. The van der Waals surface area contributed by atoms with Crippen LogP contribution in [-0.4, -0.2) is 41.7 Å². The SMILES string of the molecule is O=C(Nc1cccc(-c2c(O)c(C=C=Cc3c(O)n(-c4cccc(NC(=O)c5ccccc5)c4)c(=O)[nH]c3=O)c(O)[nH]c2=O)c1)c1ccccc1. The first kappa shape index (κ1) is 33.3. The molecule has 0 spiro atoms. The number of aromatic hydroxyl groups is 3. The first-order valence-electron chi connectivity index (χ1n) is 15.2. The minimum atomic E-state index is -0.965. The number of amides is 2. The molecule has 0 aliphatic rings. The smallest absolute Gasteiger partial charge is 0.335 e. The normalized spacial score (nSPS) is 10.5. The highest BCUT2D eigenvalue weighted by Gasteiger charge is 2.19. The van der Waals surface area contributed by atoms with Crippen molar-refractivity contribution in [2.45, 2.75) is 0 Å². The highest BCUT2D eigenvalue weighted by molar-refractivity contribution is 6.05. The molecule has 0 atom stereocenters. The lowest BCUT2D eigenvalue weighted by Crippen LogP contribution is -2.30. The standard InChI is InChI=1S/C38H27N5O8/c44-31-28(34(47)41-36(49)30(31)24-14-7-15-25(20-24)39-32(45)22-10-3-1-4-11-22)18-9-19-29-35(48)42-38(51)43(37(29)50)27-17-8-16-26(21-27)40-33(46)23-12-5-2-6-13-23/h1-8,10-21,50H,(H,39,45)(H,40,46)(H,42,48,51)(H3,41,44,47,49). The monoisotopic (exact) mass is 681 g/mol. The maximum atomic E-state index is 12.9. The van der Waals surface area contributed by atoms with E-state index in [0.29, 0.717) is 22.5 Å². The second-order valence-electron chi connectivity index (χ2n) is 11.0. The summed E-state index contributed by atoms with van der Waals surface area (Å²) in [4.78, 5) is 68.0. The molecule has 13 heteroatoms. The summed E-state index contributed by atoms with van der Waals surface area (Å²) in [5, 5.41) is 38.1. The van der Waals surface area contributed by atoms with Crippen molar-refractivity contribution in [2.24, 2.45) is 0 Å². The summed E-state index contributed by atoms with van der Waals surface area (Å²) < 4.78 is 0.809.